The molecule has 312 valence electrons. The molecule has 0 atom stereocenters. The zero-order valence-corrected chi connectivity index (χ0v) is 36.3. The van der Waals surface area contributed by atoms with Crippen molar-refractivity contribution in [1.29, 1.82) is 0 Å². The second-order valence-electron chi connectivity index (χ2n) is 17.4. The molecule has 12 aromatic rings. The first-order valence-electron chi connectivity index (χ1n) is 22.9. The molecule has 0 aliphatic carbocycles. The van der Waals surface area contributed by atoms with Gasteiger partial charge in [-0.3, -0.25) is 0 Å². The normalized spacial score (nSPS) is 12.4. The predicted octanol–water partition coefficient (Wildman–Crippen LogP) is 16.0. The fraction of sp³-hybridized carbons (Fsp3) is 0.0323. The molecule has 4 heteroatoms. The molecule has 0 unspecified atom stereocenters. The third-order valence-corrected chi connectivity index (χ3v) is 13.5. The summed E-state index contributed by atoms with van der Waals surface area (Å²) in [5, 5.41) is 2.37. The van der Waals surface area contributed by atoms with Crippen LogP contribution in [0.2, 0.25) is 0 Å². The average molecular weight is 845 g/mol. The number of allylic oxidation sites excluding steroid dienone is 1. The lowest BCUT2D eigenvalue weighted by atomic mass is 9.95. The van der Waals surface area contributed by atoms with Crippen molar-refractivity contribution >= 4 is 33.5 Å². The molecule has 0 saturated carbocycles. The molecule has 0 spiro atoms. The van der Waals surface area contributed by atoms with Gasteiger partial charge in [-0.15, -0.1) is 0 Å². The monoisotopic (exact) mass is 844 g/mol. The van der Waals surface area contributed by atoms with E-state index in [1.54, 1.807) is 0 Å². The highest BCUT2D eigenvalue weighted by Crippen LogP contribution is 2.43. The van der Waals surface area contributed by atoms with E-state index in [0.717, 1.165) is 35.6 Å². The van der Waals surface area contributed by atoms with Gasteiger partial charge in [-0.2, -0.15) is 0 Å². The number of fused-ring (bicyclic) bond motifs is 4. The third kappa shape index (κ3) is 6.29. The van der Waals surface area contributed by atoms with Gasteiger partial charge in [-0.05, 0) is 107 Å². The summed E-state index contributed by atoms with van der Waals surface area (Å²) in [7, 11) is 0. The van der Waals surface area contributed by atoms with Crippen LogP contribution in [0, 0.1) is 0 Å². The summed E-state index contributed by atoms with van der Waals surface area (Å²) in [6, 6.07) is 77.5. The lowest BCUT2D eigenvalue weighted by molar-refractivity contribution is 0.879. The van der Waals surface area contributed by atoms with E-state index >= 15 is 0 Å². The predicted molar refractivity (Wildman–Crippen MR) is 275 cm³/mol. The van der Waals surface area contributed by atoms with Crippen molar-refractivity contribution in [2.45, 2.75) is 12.8 Å². The Bertz CT molecular complexity index is 3750. The highest BCUT2D eigenvalue weighted by atomic mass is 15.0. The highest BCUT2D eigenvalue weighted by Gasteiger charge is 2.22. The Morgan fingerprint density at radius 3 is 1.36 bits per heavy atom. The maximum Gasteiger partial charge on any atom is 0.0542 e. The summed E-state index contributed by atoms with van der Waals surface area (Å²) >= 11 is 0. The smallest absolute Gasteiger partial charge is 0.0542 e. The molecule has 0 fully saturated rings. The summed E-state index contributed by atoms with van der Waals surface area (Å²) in [6.45, 7) is 0. The Morgan fingerprint density at radius 1 is 0.364 bits per heavy atom. The largest absolute Gasteiger partial charge is 0.327 e. The molecule has 5 aromatic heterocycles. The van der Waals surface area contributed by atoms with E-state index in [4.69, 9.17) is 0 Å². The van der Waals surface area contributed by atoms with E-state index in [1.807, 2.05) is 0 Å². The van der Waals surface area contributed by atoms with E-state index in [9.17, 15) is 0 Å². The fourth-order valence-electron chi connectivity index (χ4n) is 10.4. The van der Waals surface area contributed by atoms with Gasteiger partial charge in [0.25, 0.3) is 0 Å². The molecule has 0 bridgehead atoms. The molecule has 0 amide bonds. The van der Waals surface area contributed by atoms with Gasteiger partial charge in [0.05, 0.1) is 27.9 Å². The number of aromatic nitrogens is 4. The summed E-state index contributed by atoms with van der Waals surface area (Å²) < 4.78 is 9.44. The van der Waals surface area contributed by atoms with E-state index in [-0.39, 0.29) is 0 Å². The minimum atomic E-state index is 1.03. The fourth-order valence-corrected chi connectivity index (χ4v) is 10.4. The third-order valence-electron chi connectivity index (χ3n) is 13.5. The van der Waals surface area contributed by atoms with Crippen molar-refractivity contribution in [3.63, 3.8) is 0 Å². The quantitative estimate of drug-likeness (QED) is 0.145. The summed E-state index contributed by atoms with van der Waals surface area (Å²) in [6.07, 6.45) is 13.3. The van der Waals surface area contributed by atoms with Crippen LogP contribution in [0.15, 0.2) is 237 Å². The molecule has 1 aliphatic rings. The van der Waals surface area contributed by atoms with Gasteiger partial charge in [0.15, 0.2) is 0 Å². The zero-order valence-electron chi connectivity index (χ0n) is 36.3. The maximum absolute atomic E-state index is 2.44. The summed E-state index contributed by atoms with van der Waals surface area (Å²) in [5.41, 5.74) is 21.7. The van der Waals surface area contributed by atoms with Gasteiger partial charge >= 0.3 is 0 Å². The molecule has 4 nitrogen and oxygen atoms in total. The Labute approximate surface area is 383 Å². The van der Waals surface area contributed by atoms with Crippen LogP contribution in [-0.4, -0.2) is 18.1 Å². The minimum Gasteiger partial charge on any atom is -0.327 e. The minimum absolute atomic E-state index is 1.03. The van der Waals surface area contributed by atoms with Crippen LogP contribution < -0.4 is 0 Å². The van der Waals surface area contributed by atoms with Crippen molar-refractivity contribution in [2.24, 2.45) is 0 Å². The van der Waals surface area contributed by atoms with Gasteiger partial charge in [0.2, 0.25) is 0 Å². The van der Waals surface area contributed by atoms with Crippen molar-refractivity contribution in [2.75, 3.05) is 0 Å². The number of hydrogen-bond acceptors (Lipinski definition) is 0. The van der Waals surface area contributed by atoms with E-state index in [1.165, 1.54) is 88.7 Å². The van der Waals surface area contributed by atoms with E-state index < -0.39 is 0 Å². The second kappa shape index (κ2) is 15.6. The molecule has 0 saturated heterocycles. The Kier molecular flexibility index (Phi) is 8.95. The lowest BCUT2D eigenvalue weighted by Crippen LogP contribution is -1.99. The highest BCUT2D eigenvalue weighted by molar-refractivity contribution is 6.03. The maximum atomic E-state index is 2.44. The number of benzene rings is 7. The zero-order chi connectivity index (χ0) is 43.6. The second-order valence-corrected chi connectivity index (χ2v) is 17.4. The molecule has 6 heterocycles. The number of hydrogen-bond donors (Lipinski definition) is 0. The van der Waals surface area contributed by atoms with Crippen LogP contribution in [-0.2, 0) is 6.42 Å². The van der Waals surface area contributed by atoms with Crippen molar-refractivity contribution in [1.82, 2.24) is 18.1 Å². The van der Waals surface area contributed by atoms with Crippen LogP contribution in [0.1, 0.15) is 12.1 Å². The molecule has 1 aliphatic heterocycles. The standard InChI is InChI=1S/C62H44N4/c1-5-17-45(18-6-1)57-37-49-39-60-50(40-59(49)65(57)51-31-27-43(28-32-51)53-41-63-35-15-13-25-55(63)61(53)47-21-9-3-10-22-47)38-58(46-19-7-2-8-20-46)66(60)52-33-29-44(30-34-52)54-42-64-36-16-14-26-56(64)62(54)48-23-11-4-12-24-48/h1-13,15-25,27-42H,14,26H2. The first kappa shape index (κ1) is 37.9. The van der Waals surface area contributed by atoms with Crippen LogP contribution in [0.5, 0.6) is 0 Å². The first-order valence-corrected chi connectivity index (χ1v) is 22.9. The number of pyridine rings is 1. The Balaban J connectivity index is 0.960. The van der Waals surface area contributed by atoms with Crippen LogP contribution in [0.4, 0.5) is 0 Å². The lowest BCUT2D eigenvalue weighted by Gasteiger charge is -2.14. The summed E-state index contributed by atoms with van der Waals surface area (Å²) in [5.74, 6) is 0. The van der Waals surface area contributed by atoms with Gasteiger partial charge in [0, 0.05) is 74.9 Å². The average Bonchev–Trinajstić information content (AvgIpc) is 4.17. The van der Waals surface area contributed by atoms with Gasteiger partial charge in [-0.1, -0.05) is 158 Å². The van der Waals surface area contributed by atoms with Crippen molar-refractivity contribution < 1.29 is 0 Å². The summed E-state index contributed by atoms with van der Waals surface area (Å²) in [4.78, 5) is 0. The molecule has 7 aromatic carbocycles. The number of nitrogens with zero attached hydrogens (tertiary/aromatic N) is 4. The first-order chi connectivity index (χ1) is 32.7. The Morgan fingerprint density at radius 2 is 0.833 bits per heavy atom. The Hall–Kier alpha value is -8.60. The molecule has 0 N–H and O–H groups in total. The van der Waals surface area contributed by atoms with Crippen LogP contribution in [0.25, 0.3) is 112 Å². The van der Waals surface area contributed by atoms with E-state index in [2.05, 4.69) is 261 Å². The van der Waals surface area contributed by atoms with Gasteiger partial charge in [0.1, 0.15) is 0 Å². The van der Waals surface area contributed by atoms with Crippen molar-refractivity contribution in [3.8, 4) is 78.4 Å². The van der Waals surface area contributed by atoms with Gasteiger partial charge in [-0.25, -0.2) is 0 Å². The number of rotatable bonds is 8. The van der Waals surface area contributed by atoms with Gasteiger partial charge < -0.3 is 18.1 Å². The molecule has 0 radical (unpaired) electrons. The SMILES string of the molecule is C1=Cn2cc(-c3ccc(-n4c(-c5ccccc5)cc5cc6c(cc(-c7ccccc7)n6-c6ccc(-c7cn8ccccc8c7-c7ccccc7)cc6)cc54)cc3)c(-c3ccccc3)c2CC1. The topological polar surface area (TPSA) is 19.2 Å². The van der Waals surface area contributed by atoms with Crippen LogP contribution in [0.3, 0.4) is 0 Å². The van der Waals surface area contributed by atoms with Crippen molar-refractivity contribution in [3.05, 3.63) is 243 Å². The van der Waals surface area contributed by atoms with Crippen LogP contribution >= 0.6 is 0 Å². The molecular formula is C62H44N4. The molecule has 13 rings (SSSR count). The van der Waals surface area contributed by atoms with E-state index in [0.29, 0.717) is 0 Å². The molecular weight excluding hydrogens is 801 g/mol. The molecule has 66 heavy (non-hydrogen) atoms.